The van der Waals surface area contributed by atoms with Gasteiger partial charge < -0.3 is 10.6 Å². The molecule has 2 rings (SSSR count). The number of anilines is 1. The second-order valence-corrected chi connectivity index (χ2v) is 4.81. The largest absolute Gasteiger partial charge is 0.370 e. The highest BCUT2D eigenvalue weighted by atomic mass is 19.1. The maximum Gasteiger partial charge on any atom is 0.276 e. The van der Waals surface area contributed by atoms with Crippen LogP contribution in [0.5, 0.6) is 0 Å². The Labute approximate surface area is 127 Å². The second kappa shape index (κ2) is 6.80. The Morgan fingerprint density at radius 1 is 1.18 bits per heavy atom. The summed E-state index contributed by atoms with van der Waals surface area (Å²) in [6.07, 6.45) is 0.00886. The molecule has 0 fully saturated rings. The van der Waals surface area contributed by atoms with Crippen molar-refractivity contribution >= 4 is 17.5 Å². The number of carbonyl (C=O) groups is 2. The van der Waals surface area contributed by atoms with E-state index in [4.69, 9.17) is 5.73 Å². The van der Waals surface area contributed by atoms with Crippen LogP contribution in [0.4, 0.5) is 10.1 Å². The quantitative estimate of drug-likeness (QED) is 0.918. The topological polar surface area (TPSA) is 76.3 Å². The van der Waals surface area contributed by atoms with E-state index in [9.17, 15) is 14.0 Å². The predicted molar refractivity (Wildman–Crippen MR) is 80.9 cm³/mol. The van der Waals surface area contributed by atoms with Crippen molar-refractivity contribution in [2.24, 2.45) is 5.73 Å². The van der Waals surface area contributed by atoms with E-state index in [-0.39, 0.29) is 24.6 Å². The molecule has 0 radical (unpaired) electrons. The molecule has 2 N–H and O–H groups in total. The van der Waals surface area contributed by atoms with Crippen LogP contribution in [0.25, 0.3) is 0 Å². The van der Waals surface area contributed by atoms with E-state index in [0.717, 1.165) is 0 Å². The zero-order valence-corrected chi connectivity index (χ0v) is 12.1. The van der Waals surface area contributed by atoms with Gasteiger partial charge in [-0.1, -0.05) is 6.07 Å². The molecule has 22 heavy (non-hydrogen) atoms. The van der Waals surface area contributed by atoms with E-state index in [2.05, 4.69) is 4.98 Å². The first kappa shape index (κ1) is 15.6. The number of benzene rings is 1. The molecule has 2 amide bonds. The van der Waals surface area contributed by atoms with Gasteiger partial charge in [-0.2, -0.15) is 0 Å². The van der Waals surface area contributed by atoms with E-state index < -0.39 is 11.7 Å². The fourth-order valence-electron chi connectivity index (χ4n) is 1.99. The molecule has 1 aromatic heterocycles. The summed E-state index contributed by atoms with van der Waals surface area (Å²) in [7, 11) is 0. The Balaban J connectivity index is 2.32. The summed E-state index contributed by atoms with van der Waals surface area (Å²) in [5.41, 5.74) is 6.60. The minimum atomic E-state index is -0.517. The molecule has 0 aliphatic rings. The highest BCUT2D eigenvalue weighted by Crippen LogP contribution is 2.18. The van der Waals surface area contributed by atoms with Crippen molar-refractivity contribution in [3.8, 4) is 0 Å². The number of nitrogens with two attached hydrogens (primary N) is 1. The maximum atomic E-state index is 13.1. The van der Waals surface area contributed by atoms with Crippen molar-refractivity contribution in [1.29, 1.82) is 0 Å². The molecule has 1 aromatic carbocycles. The van der Waals surface area contributed by atoms with Gasteiger partial charge in [0.25, 0.3) is 5.91 Å². The van der Waals surface area contributed by atoms with Gasteiger partial charge in [0, 0.05) is 24.3 Å². The monoisotopic (exact) mass is 301 g/mol. The lowest BCUT2D eigenvalue weighted by Crippen LogP contribution is -2.34. The number of carbonyl (C=O) groups excluding carboxylic acids is 2. The number of aromatic nitrogens is 1. The Morgan fingerprint density at radius 2 is 1.86 bits per heavy atom. The van der Waals surface area contributed by atoms with Crippen molar-refractivity contribution in [1.82, 2.24) is 4.98 Å². The summed E-state index contributed by atoms with van der Waals surface area (Å²) in [6.45, 7) is 1.89. The summed E-state index contributed by atoms with van der Waals surface area (Å²) in [4.78, 5) is 29.2. The standard InChI is InChI=1S/C16H16FN3O2/c1-11-3-2-4-14(19-11)16(22)20(10-9-15(18)21)13-7-5-12(17)6-8-13/h2-8H,9-10H2,1H3,(H2,18,21). The number of halogens is 1. The fourth-order valence-corrected chi connectivity index (χ4v) is 1.99. The summed E-state index contributed by atoms with van der Waals surface area (Å²) < 4.78 is 13.1. The zero-order chi connectivity index (χ0) is 16.1. The molecule has 0 saturated heterocycles. The molecule has 0 spiro atoms. The normalized spacial score (nSPS) is 10.3. The second-order valence-electron chi connectivity index (χ2n) is 4.81. The number of primary amides is 1. The van der Waals surface area contributed by atoms with E-state index >= 15 is 0 Å². The first-order chi connectivity index (χ1) is 10.5. The number of amides is 2. The third-order valence-corrected chi connectivity index (χ3v) is 3.07. The predicted octanol–water partition coefficient (Wildman–Crippen LogP) is 2.05. The van der Waals surface area contributed by atoms with Crippen molar-refractivity contribution in [2.45, 2.75) is 13.3 Å². The van der Waals surface area contributed by atoms with Crippen LogP contribution in [0.2, 0.25) is 0 Å². The van der Waals surface area contributed by atoms with Gasteiger partial charge in [0.15, 0.2) is 0 Å². The van der Waals surface area contributed by atoms with Gasteiger partial charge in [-0.25, -0.2) is 9.37 Å². The molecule has 0 bridgehead atoms. The number of aryl methyl sites for hydroxylation is 1. The fraction of sp³-hybridized carbons (Fsp3) is 0.188. The van der Waals surface area contributed by atoms with Crippen LogP contribution in [-0.4, -0.2) is 23.3 Å². The van der Waals surface area contributed by atoms with Crippen LogP contribution in [-0.2, 0) is 4.79 Å². The molecule has 5 nitrogen and oxygen atoms in total. The van der Waals surface area contributed by atoms with Gasteiger partial charge in [0.05, 0.1) is 0 Å². The number of hydrogen-bond donors (Lipinski definition) is 1. The lowest BCUT2D eigenvalue weighted by atomic mass is 10.2. The van der Waals surface area contributed by atoms with Crippen LogP contribution in [0, 0.1) is 12.7 Å². The van der Waals surface area contributed by atoms with Crippen LogP contribution in [0.15, 0.2) is 42.5 Å². The van der Waals surface area contributed by atoms with E-state index in [1.54, 1.807) is 25.1 Å². The molecule has 0 atom stereocenters. The summed E-state index contributed by atoms with van der Waals surface area (Å²) in [5, 5.41) is 0. The van der Waals surface area contributed by atoms with Crippen molar-refractivity contribution in [3.05, 3.63) is 59.7 Å². The van der Waals surface area contributed by atoms with Crippen LogP contribution in [0.3, 0.4) is 0 Å². The van der Waals surface area contributed by atoms with Gasteiger partial charge in [-0.15, -0.1) is 0 Å². The minimum absolute atomic E-state index is 0.00886. The summed E-state index contributed by atoms with van der Waals surface area (Å²) in [6, 6.07) is 10.6. The molecule has 0 aliphatic carbocycles. The van der Waals surface area contributed by atoms with Crippen LogP contribution < -0.4 is 10.6 Å². The summed E-state index contributed by atoms with van der Waals surface area (Å²) >= 11 is 0. The first-order valence-electron chi connectivity index (χ1n) is 6.77. The van der Waals surface area contributed by atoms with Gasteiger partial charge in [-0.3, -0.25) is 9.59 Å². The highest BCUT2D eigenvalue weighted by Gasteiger charge is 2.19. The van der Waals surface area contributed by atoms with Crippen molar-refractivity contribution < 1.29 is 14.0 Å². The Hall–Kier alpha value is -2.76. The molecule has 1 heterocycles. The molecule has 0 unspecified atom stereocenters. The molecule has 114 valence electrons. The summed E-state index contributed by atoms with van der Waals surface area (Å²) in [5.74, 6) is -1.28. The SMILES string of the molecule is Cc1cccc(C(=O)N(CCC(N)=O)c2ccc(F)cc2)n1. The number of rotatable bonds is 5. The first-order valence-corrected chi connectivity index (χ1v) is 6.77. The molecule has 0 saturated carbocycles. The molecule has 0 aliphatic heterocycles. The van der Waals surface area contributed by atoms with Crippen molar-refractivity contribution in [2.75, 3.05) is 11.4 Å². The zero-order valence-electron chi connectivity index (χ0n) is 12.1. The van der Waals surface area contributed by atoms with E-state index in [1.807, 2.05) is 0 Å². The molecular formula is C16H16FN3O2. The van der Waals surface area contributed by atoms with Crippen LogP contribution >= 0.6 is 0 Å². The van der Waals surface area contributed by atoms with Crippen LogP contribution in [0.1, 0.15) is 22.6 Å². The molecule has 2 aromatic rings. The number of hydrogen-bond acceptors (Lipinski definition) is 3. The average molecular weight is 301 g/mol. The number of pyridine rings is 1. The lowest BCUT2D eigenvalue weighted by Gasteiger charge is -2.22. The number of nitrogens with zero attached hydrogens (tertiary/aromatic N) is 2. The van der Waals surface area contributed by atoms with Crippen molar-refractivity contribution in [3.63, 3.8) is 0 Å². The average Bonchev–Trinajstić information content (AvgIpc) is 2.48. The Kier molecular flexibility index (Phi) is 4.83. The van der Waals surface area contributed by atoms with Gasteiger partial charge >= 0.3 is 0 Å². The Morgan fingerprint density at radius 3 is 2.45 bits per heavy atom. The molecular weight excluding hydrogens is 285 g/mol. The van der Waals surface area contributed by atoms with Gasteiger partial charge in [-0.05, 0) is 43.3 Å². The van der Waals surface area contributed by atoms with E-state index in [0.29, 0.717) is 11.4 Å². The third kappa shape index (κ3) is 3.88. The lowest BCUT2D eigenvalue weighted by molar-refractivity contribution is -0.117. The van der Waals surface area contributed by atoms with Gasteiger partial charge in [0.1, 0.15) is 11.5 Å². The Bertz CT molecular complexity index is 686. The smallest absolute Gasteiger partial charge is 0.276 e. The third-order valence-electron chi connectivity index (χ3n) is 3.07. The molecule has 6 heteroatoms. The maximum absolute atomic E-state index is 13.1. The van der Waals surface area contributed by atoms with E-state index in [1.165, 1.54) is 29.2 Å². The van der Waals surface area contributed by atoms with Gasteiger partial charge in [0.2, 0.25) is 5.91 Å². The highest BCUT2D eigenvalue weighted by molar-refractivity contribution is 6.05. The minimum Gasteiger partial charge on any atom is -0.370 e.